The molecule has 1 saturated heterocycles. The van der Waals surface area contributed by atoms with E-state index in [1.54, 1.807) is 11.3 Å². The van der Waals surface area contributed by atoms with Crippen LogP contribution in [0.5, 0.6) is 0 Å². The molecule has 1 fully saturated rings. The summed E-state index contributed by atoms with van der Waals surface area (Å²) in [4.78, 5) is 5.69. The molecule has 1 aliphatic heterocycles. The second-order valence-corrected chi connectivity index (χ2v) is 5.91. The Labute approximate surface area is 104 Å². The van der Waals surface area contributed by atoms with Gasteiger partial charge in [-0.05, 0) is 53.5 Å². The number of pyridine rings is 1. The summed E-state index contributed by atoms with van der Waals surface area (Å²) in [5.74, 6) is 1.58. The lowest BCUT2D eigenvalue weighted by molar-refractivity contribution is 0.536. The summed E-state index contributed by atoms with van der Waals surface area (Å²) in [5.41, 5.74) is 2.83. The first-order valence-electron chi connectivity index (χ1n) is 6.15. The van der Waals surface area contributed by atoms with Crippen molar-refractivity contribution < 1.29 is 0 Å². The minimum Gasteiger partial charge on any atom is -0.316 e. The standard InChI is InChI=1S/C14H14N2S/c1-2-17-14-9(1)3-13(8-16-14)10-4-11-6-15-7-12(11)5-10/h1-4,8,11-12,15H,5-7H2. The van der Waals surface area contributed by atoms with Gasteiger partial charge in [0.25, 0.3) is 0 Å². The number of fused-ring (bicyclic) bond motifs is 2. The number of nitrogens with zero attached hydrogens (tertiary/aromatic N) is 1. The van der Waals surface area contributed by atoms with Crippen LogP contribution in [-0.4, -0.2) is 18.1 Å². The molecule has 0 amide bonds. The molecule has 1 N–H and O–H groups in total. The summed E-state index contributed by atoms with van der Waals surface area (Å²) in [6.45, 7) is 2.33. The van der Waals surface area contributed by atoms with Gasteiger partial charge in [0.1, 0.15) is 4.83 Å². The molecule has 86 valence electrons. The zero-order valence-corrected chi connectivity index (χ0v) is 10.3. The van der Waals surface area contributed by atoms with Crippen LogP contribution in [0, 0.1) is 11.8 Å². The summed E-state index contributed by atoms with van der Waals surface area (Å²) in [6, 6.07) is 4.45. The third-order valence-electron chi connectivity index (χ3n) is 3.97. The van der Waals surface area contributed by atoms with Gasteiger partial charge in [0, 0.05) is 18.1 Å². The molecule has 2 aromatic heterocycles. The third kappa shape index (κ3) is 1.53. The third-order valence-corrected chi connectivity index (χ3v) is 4.80. The van der Waals surface area contributed by atoms with Gasteiger partial charge in [-0.1, -0.05) is 6.08 Å². The highest BCUT2D eigenvalue weighted by Crippen LogP contribution is 2.38. The first-order chi connectivity index (χ1) is 8.40. The minimum absolute atomic E-state index is 0.753. The van der Waals surface area contributed by atoms with Crippen LogP contribution in [0.15, 0.2) is 29.8 Å². The van der Waals surface area contributed by atoms with Crippen molar-refractivity contribution in [1.29, 1.82) is 0 Å². The van der Waals surface area contributed by atoms with Gasteiger partial charge in [0.2, 0.25) is 0 Å². The number of hydrogen-bond donors (Lipinski definition) is 1. The van der Waals surface area contributed by atoms with E-state index in [-0.39, 0.29) is 0 Å². The molecule has 0 bridgehead atoms. The van der Waals surface area contributed by atoms with Crippen molar-refractivity contribution in [2.75, 3.05) is 13.1 Å². The van der Waals surface area contributed by atoms with E-state index in [9.17, 15) is 0 Å². The maximum Gasteiger partial charge on any atom is 0.123 e. The predicted molar refractivity (Wildman–Crippen MR) is 72.1 cm³/mol. The van der Waals surface area contributed by atoms with Gasteiger partial charge in [0.15, 0.2) is 0 Å². The number of thiophene rings is 1. The van der Waals surface area contributed by atoms with Gasteiger partial charge in [-0.3, -0.25) is 0 Å². The first-order valence-corrected chi connectivity index (χ1v) is 7.03. The van der Waals surface area contributed by atoms with Gasteiger partial charge in [-0.25, -0.2) is 4.98 Å². The van der Waals surface area contributed by atoms with E-state index in [0.29, 0.717) is 0 Å². The largest absolute Gasteiger partial charge is 0.316 e. The fourth-order valence-electron chi connectivity index (χ4n) is 3.03. The van der Waals surface area contributed by atoms with Crippen LogP contribution in [0.2, 0.25) is 0 Å². The molecule has 0 aromatic carbocycles. The van der Waals surface area contributed by atoms with Crippen molar-refractivity contribution in [3.63, 3.8) is 0 Å². The van der Waals surface area contributed by atoms with Gasteiger partial charge >= 0.3 is 0 Å². The van der Waals surface area contributed by atoms with E-state index in [4.69, 9.17) is 0 Å². The van der Waals surface area contributed by atoms with Crippen molar-refractivity contribution in [3.8, 4) is 0 Å². The molecule has 2 aliphatic rings. The Hall–Kier alpha value is -1.19. The average Bonchev–Trinajstić information content (AvgIpc) is 3.02. The molecule has 2 aromatic rings. The molecule has 17 heavy (non-hydrogen) atoms. The lowest BCUT2D eigenvalue weighted by Crippen LogP contribution is -2.09. The van der Waals surface area contributed by atoms with Crippen molar-refractivity contribution in [2.45, 2.75) is 6.42 Å². The minimum atomic E-state index is 0.753. The maximum absolute atomic E-state index is 4.54. The molecule has 1 aliphatic carbocycles. The highest BCUT2D eigenvalue weighted by molar-refractivity contribution is 7.16. The average molecular weight is 242 g/mol. The molecule has 4 rings (SSSR count). The van der Waals surface area contributed by atoms with Crippen molar-refractivity contribution >= 4 is 27.1 Å². The molecular weight excluding hydrogens is 228 g/mol. The van der Waals surface area contributed by atoms with Crippen LogP contribution < -0.4 is 5.32 Å². The highest BCUT2D eigenvalue weighted by atomic mass is 32.1. The normalized spacial score (nSPS) is 27.4. The van der Waals surface area contributed by atoms with E-state index in [2.05, 4.69) is 33.9 Å². The first kappa shape index (κ1) is 9.80. The van der Waals surface area contributed by atoms with Gasteiger partial charge in [-0.2, -0.15) is 0 Å². The summed E-state index contributed by atoms with van der Waals surface area (Å²) >= 11 is 1.71. The topological polar surface area (TPSA) is 24.9 Å². The van der Waals surface area contributed by atoms with E-state index in [1.807, 2.05) is 6.20 Å². The molecule has 0 saturated carbocycles. The van der Waals surface area contributed by atoms with E-state index < -0.39 is 0 Å². The van der Waals surface area contributed by atoms with Crippen LogP contribution in [0.3, 0.4) is 0 Å². The number of rotatable bonds is 1. The Morgan fingerprint density at radius 2 is 2.35 bits per heavy atom. The molecule has 2 nitrogen and oxygen atoms in total. The fourth-order valence-corrected chi connectivity index (χ4v) is 3.75. The molecule has 3 heterocycles. The fraction of sp³-hybridized carbons (Fsp3) is 0.357. The second kappa shape index (κ2) is 3.65. The molecule has 2 atom stereocenters. The Morgan fingerprint density at radius 3 is 3.29 bits per heavy atom. The number of aromatic nitrogens is 1. The molecular formula is C14H14N2S. The smallest absolute Gasteiger partial charge is 0.123 e. The van der Waals surface area contributed by atoms with Gasteiger partial charge in [-0.15, -0.1) is 11.3 Å². The SMILES string of the molecule is C1=C(c2cnc3sccc3c2)CC2CNCC12. The lowest BCUT2D eigenvalue weighted by atomic mass is 9.99. The Kier molecular flexibility index (Phi) is 2.11. The molecule has 2 unspecified atom stereocenters. The summed E-state index contributed by atoms with van der Waals surface area (Å²) in [7, 11) is 0. The van der Waals surface area contributed by atoms with Crippen LogP contribution in [0.25, 0.3) is 15.8 Å². The van der Waals surface area contributed by atoms with E-state index in [0.717, 1.165) is 23.2 Å². The van der Waals surface area contributed by atoms with Crippen molar-refractivity contribution in [3.05, 3.63) is 35.3 Å². The van der Waals surface area contributed by atoms with Crippen LogP contribution in [-0.2, 0) is 0 Å². The number of nitrogens with one attached hydrogen (secondary N) is 1. The zero-order valence-electron chi connectivity index (χ0n) is 9.52. The van der Waals surface area contributed by atoms with E-state index in [1.165, 1.54) is 29.5 Å². The molecule has 0 radical (unpaired) electrons. The van der Waals surface area contributed by atoms with Crippen LogP contribution in [0.1, 0.15) is 12.0 Å². The monoisotopic (exact) mass is 242 g/mol. The maximum atomic E-state index is 4.54. The van der Waals surface area contributed by atoms with Crippen molar-refractivity contribution in [2.24, 2.45) is 11.8 Å². The summed E-state index contributed by atoms with van der Waals surface area (Å²) in [6.07, 6.45) is 5.72. The van der Waals surface area contributed by atoms with Gasteiger partial charge in [0.05, 0.1) is 0 Å². The van der Waals surface area contributed by atoms with Crippen LogP contribution >= 0.6 is 11.3 Å². The summed E-state index contributed by atoms with van der Waals surface area (Å²) in [5, 5.41) is 6.86. The van der Waals surface area contributed by atoms with E-state index >= 15 is 0 Å². The van der Waals surface area contributed by atoms with Crippen molar-refractivity contribution in [1.82, 2.24) is 10.3 Å². The summed E-state index contributed by atoms with van der Waals surface area (Å²) < 4.78 is 0. The lowest BCUT2D eigenvalue weighted by Gasteiger charge is -2.06. The number of allylic oxidation sites excluding steroid dienone is 1. The second-order valence-electron chi connectivity index (χ2n) is 5.02. The molecule has 3 heteroatoms. The quantitative estimate of drug-likeness (QED) is 0.831. The Morgan fingerprint density at radius 1 is 1.35 bits per heavy atom. The predicted octanol–water partition coefficient (Wildman–Crippen LogP) is 2.92. The number of hydrogen-bond acceptors (Lipinski definition) is 3. The highest BCUT2D eigenvalue weighted by Gasteiger charge is 2.31. The zero-order chi connectivity index (χ0) is 11.2. The molecule has 0 spiro atoms. The Bertz CT molecular complexity index is 599. The Balaban J connectivity index is 1.74. The van der Waals surface area contributed by atoms with Crippen LogP contribution in [0.4, 0.5) is 0 Å². The van der Waals surface area contributed by atoms with Gasteiger partial charge < -0.3 is 5.32 Å².